The van der Waals surface area contributed by atoms with Crippen molar-refractivity contribution < 1.29 is 9.90 Å². The van der Waals surface area contributed by atoms with Gasteiger partial charge in [-0.2, -0.15) is 5.10 Å². The number of amides is 1. The molecule has 0 aromatic carbocycles. The minimum atomic E-state index is -0.851. The Hall–Kier alpha value is -1.85. The number of anilines is 1. The van der Waals surface area contributed by atoms with Crippen LogP contribution in [0.4, 0.5) is 10.6 Å². The predicted octanol–water partition coefficient (Wildman–Crippen LogP) is 0.585. The Kier molecular flexibility index (Phi) is 2.89. The summed E-state index contributed by atoms with van der Waals surface area (Å²) in [6.07, 6.45) is 0.808. The van der Waals surface area contributed by atoms with Gasteiger partial charge in [0.1, 0.15) is 0 Å². The Bertz CT molecular complexity index is 388. The molecule has 1 aromatic rings. The molecule has 0 saturated carbocycles. The van der Waals surface area contributed by atoms with Gasteiger partial charge >= 0.3 is 6.09 Å². The highest BCUT2D eigenvalue weighted by molar-refractivity contribution is 5.65. The highest BCUT2D eigenvalue weighted by Gasteiger charge is 2.22. The number of aryl methyl sites for hydroxylation is 1. The van der Waals surface area contributed by atoms with Gasteiger partial charge in [-0.1, -0.05) is 0 Å². The second-order valence-corrected chi connectivity index (χ2v) is 3.79. The molecule has 1 N–H and O–H groups in total. The molecule has 1 fully saturated rings. The largest absolute Gasteiger partial charge is 0.465 e. The van der Waals surface area contributed by atoms with E-state index in [4.69, 9.17) is 5.11 Å². The Morgan fingerprint density at radius 3 is 2.62 bits per heavy atom. The summed E-state index contributed by atoms with van der Waals surface area (Å²) in [7, 11) is 0. The maximum atomic E-state index is 10.7. The molecule has 0 aliphatic carbocycles. The van der Waals surface area contributed by atoms with E-state index in [-0.39, 0.29) is 0 Å². The summed E-state index contributed by atoms with van der Waals surface area (Å²) in [5, 5.41) is 16.8. The standard InChI is InChI=1S/C10H14N4O2/c1-8-2-3-11-12-9(8)13-4-6-14(7-5-13)10(15)16/h2-3H,4-7H2,1H3,(H,15,16). The molecule has 0 radical (unpaired) electrons. The molecule has 2 rings (SSSR count). The van der Waals surface area contributed by atoms with Crippen molar-refractivity contribution in [2.45, 2.75) is 6.92 Å². The maximum Gasteiger partial charge on any atom is 0.407 e. The van der Waals surface area contributed by atoms with Crippen LogP contribution in [-0.4, -0.2) is 52.5 Å². The SMILES string of the molecule is Cc1ccnnc1N1CCN(C(=O)O)CC1. The quantitative estimate of drug-likeness (QED) is 0.753. The second kappa shape index (κ2) is 4.34. The van der Waals surface area contributed by atoms with Crippen molar-refractivity contribution in [3.05, 3.63) is 17.8 Å². The molecule has 0 spiro atoms. The van der Waals surface area contributed by atoms with Gasteiger partial charge in [0.05, 0.1) is 6.20 Å². The van der Waals surface area contributed by atoms with E-state index in [0.717, 1.165) is 11.4 Å². The lowest BCUT2D eigenvalue weighted by molar-refractivity contribution is 0.142. The maximum absolute atomic E-state index is 10.7. The van der Waals surface area contributed by atoms with Crippen molar-refractivity contribution in [2.24, 2.45) is 0 Å². The van der Waals surface area contributed by atoms with Gasteiger partial charge in [0.25, 0.3) is 0 Å². The van der Waals surface area contributed by atoms with E-state index in [1.54, 1.807) is 6.20 Å². The zero-order chi connectivity index (χ0) is 11.5. The number of piperazine rings is 1. The smallest absolute Gasteiger partial charge is 0.407 e. The molecule has 16 heavy (non-hydrogen) atoms. The number of nitrogens with zero attached hydrogens (tertiary/aromatic N) is 4. The van der Waals surface area contributed by atoms with Crippen molar-refractivity contribution in [1.82, 2.24) is 15.1 Å². The zero-order valence-electron chi connectivity index (χ0n) is 9.13. The summed E-state index contributed by atoms with van der Waals surface area (Å²) in [5.41, 5.74) is 1.07. The van der Waals surface area contributed by atoms with Crippen LogP contribution in [0.5, 0.6) is 0 Å². The Morgan fingerprint density at radius 2 is 2.06 bits per heavy atom. The van der Waals surface area contributed by atoms with Crippen LogP contribution < -0.4 is 4.90 Å². The van der Waals surface area contributed by atoms with Crippen LogP contribution in [0.25, 0.3) is 0 Å². The van der Waals surface area contributed by atoms with E-state index in [0.29, 0.717) is 26.2 Å². The predicted molar refractivity (Wildman–Crippen MR) is 58.6 cm³/mol. The molecule has 6 nitrogen and oxygen atoms in total. The topological polar surface area (TPSA) is 69.6 Å². The van der Waals surface area contributed by atoms with Gasteiger partial charge in [-0.05, 0) is 18.6 Å². The van der Waals surface area contributed by atoms with Crippen LogP contribution >= 0.6 is 0 Å². The van der Waals surface area contributed by atoms with Crippen LogP contribution in [0, 0.1) is 6.92 Å². The molecular formula is C10H14N4O2. The van der Waals surface area contributed by atoms with Crippen LogP contribution in [0.3, 0.4) is 0 Å². The Balaban J connectivity index is 2.05. The highest BCUT2D eigenvalue weighted by Crippen LogP contribution is 2.16. The first-order chi connectivity index (χ1) is 7.68. The average molecular weight is 222 g/mol. The first-order valence-corrected chi connectivity index (χ1v) is 5.19. The third kappa shape index (κ3) is 2.05. The third-order valence-corrected chi connectivity index (χ3v) is 2.75. The first-order valence-electron chi connectivity index (χ1n) is 5.19. The summed E-state index contributed by atoms with van der Waals surface area (Å²) in [4.78, 5) is 14.2. The molecule has 1 aliphatic rings. The van der Waals surface area contributed by atoms with Gasteiger partial charge in [0, 0.05) is 26.2 Å². The molecule has 1 aromatic heterocycles. The van der Waals surface area contributed by atoms with Gasteiger partial charge in [0.15, 0.2) is 5.82 Å². The normalized spacial score (nSPS) is 16.3. The fraction of sp³-hybridized carbons (Fsp3) is 0.500. The highest BCUT2D eigenvalue weighted by atomic mass is 16.4. The molecule has 86 valence electrons. The lowest BCUT2D eigenvalue weighted by Crippen LogP contribution is -2.48. The van der Waals surface area contributed by atoms with Gasteiger partial charge in [-0.15, -0.1) is 5.10 Å². The summed E-state index contributed by atoms with van der Waals surface area (Å²) >= 11 is 0. The van der Waals surface area contributed by atoms with E-state index < -0.39 is 6.09 Å². The van der Waals surface area contributed by atoms with Gasteiger partial charge < -0.3 is 14.9 Å². The van der Waals surface area contributed by atoms with Crippen LogP contribution in [0.1, 0.15) is 5.56 Å². The van der Waals surface area contributed by atoms with E-state index in [9.17, 15) is 4.79 Å². The van der Waals surface area contributed by atoms with Gasteiger partial charge in [-0.3, -0.25) is 0 Å². The van der Waals surface area contributed by atoms with E-state index >= 15 is 0 Å². The van der Waals surface area contributed by atoms with E-state index in [1.807, 2.05) is 13.0 Å². The number of hydrogen-bond donors (Lipinski definition) is 1. The lowest BCUT2D eigenvalue weighted by Gasteiger charge is -2.34. The third-order valence-electron chi connectivity index (χ3n) is 2.75. The van der Waals surface area contributed by atoms with E-state index in [2.05, 4.69) is 15.1 Å². The summed E-state index contributed by atoms with van der Waals surface area (Å²) in [6, 6.07) is 1.91. The molecule has 1 aliphatic heterocycles. The monoisotopic (exact) mass is 222 g/mol. The van der Waals surface area contributed by atoms with Gasteiger partial charge in [0.2, 0.25) is 0 Å². The van der Waals surface area contributed by atoms with Crippen molar-refractivity contribution in [3.63, 3.8) is 0 Å². The molecule has 0 bridgehead atoms. The molecule has 1 amide bonds. The van der Waals surface area contributed by atoms with Crippen LogP contribution in [0.15, 0.2) is 12.3 Å². The number of rotatable bonds is 1. The number of hydrogen-bond acceptors (Lipinski definition) is 4. The number of carbonyl (C=O) groups is 1. The van der Waals surface area contributed by atoms with Crippen LogP contribution in [-0.2, 0) is 0 Å². The molecule has 1 saturated heterocycles. The fourth-order valence-electron chi connectivity index (χ4n) is 1.81. The fourth-order valence-corrected chi connectivity index (χ4v) is 1.81. The molecule has 0 atom stereocenters. The average Bonchev–Trinajstić information content (AvgIpc) is 2.30. The van der Waals surface area contributed by atoms with Crippen LogP contribution in [0.2, 0.25) is 0 Å². The molecule has 6 heteroatoms. The number of carboxylic acid groups (broad SMARTS) is 1. The van der Waals surface area contributed by atoms with Crippen molar-refractivity contribution >= 4 is 11.9 Å². The summed E-state index contributed by atoms with van der Waals surface area (Å²) in [5.74, 6) is 0.854. The lowest BCUT2D eigenvalue weighted by atomic mass is 10.2. The Morgan fingerprint density at radius 1 is 1.38 bits per heavy atom. The minimum absolute atomic E-state index is 0.519. The minimum Gasteiger partial charge on any atom is -0.465 e. The summed E-state index contributed by atoms with van der Waals surface area (Å²) < 4.78 is 0. The molecule has 0 unspecified atom stereocenters. The van der Waals surface area contributed by atoms with Gasteiger partial charge in [-0.25, -0.2) is 4.79 Å². The molecular weight excluding hydrogens is 208 g/mol. The molecule has 2 heterocycles. The van der Waals surface area contributed by atoms with E-state index in [1.165, 1.54) is 4.90 Å². The Labute approximate surface area is 93.5 Å². The first kappa shape index (κ1) is 10.7. The number of aromatic nitrogens is 2. The van der Waals surface area contributed by atoms with Crippen molar-refractivity contribution in [2.75, 3.05) is 31.1 Å². The van der Waals surface area contributed by atoms with Crippen molar-refractivity contribution in [1.29, 1.82) is 0 Å². The summed E-state index contributed by atoms with van der Waals surface area (Å²) in [6.45, 7) is 4.36. The zero-order valence-corrected chi connectivity index (χ0v) is 9.13. The van der Waals surface area contributed by atoms with Crippen molar-refractivity contribution in [3.8, 4) is 0 Å². The second-order valence-electron chi connectivity index (χ2n) is 3.79.